The Morgan fingerprint density at radius 2 is 1.67 bits per heavy atom. The molecule has 0 N–H and O–H groups in total. The van der Waals surface area contributed by atoms with Gasteiger partial charge in [0.05, 0.1) is 13.2 Å². The van der Waals surface area contributed by atoms with Crippen LogP contribution in [-0.2, 0) is 20.9 Å². The van der Waals surface area contributed by atoms with Crippen LogP contribution in [0.2, 0.25) is 0 Å². The molecule has 12 heavy (non-hydrogen) atoms. The molecule has 0 unspecified atom stereocenters. The topological polar surface area (TPSA) is 21.7 Å². The molecule has 1 aliphatic rings. The highest BCUT2D eigenvalue weighted by atomic mass is 32.5. The first-order valence-corrected chi connectivity index (χ1v) is 6.52. The zero-order chi connectivity index (χ0) is 9.41. The Morgan fingerprint density at radius 3 is 2.00 bits per heavy atom. The van der Waals surface area contributed by atoms with E-state index in [0.717, 1.165) is 0 Å². The van der Waals surface area contributed by atoms with Crippen molar-refractivity contribution in [2.45, 2.75) is 13.8 Å². The number of hydrogen-bond donors (Lipinski definition) is 0. The molecule has 0 radical (unpaired) electrons. The summed E-state index contributed by atoms with van der Waals surface area (Å²) < 4.78 is 13.0. The zero-order valence-corrected chi connectivity index (χ0v) is 9.74. The molecule has 0 saturated carbocycles. The van der Waals surface area contributed by atoms with E-state index in [1.807, 2.05) is 18.8 Å². The fourth-order valence-electron chi connectivity index (χ4n) is 0.823. The molecule has 0 aromatic rings. The van der Waals surface area contributed by atoms with E-state index in [0.29, 0.717) is 13.2 Å². The summed E-state index contributed by atoms with van der Waals surface area (Å²) in [5.74, 6) is 0. The van der Waals surface area contributed by atoms with Gasteiger partial charge in [-0.1, -0.05) is 13.8 Å². The van der Waals surface area contributed by atoms with E-state index in [2.05, 4.69) is 13.8 Å². The summed E-state index contributed by atoms with van der Waals surface area (Å²) in [7, 11) is 3.80. The van der Waals surface area contributed by atoms with Crippen molar-refractivity contribution in [3.05, 3.63) is 0 Å². The van der Waals surface area contributed by atoms with Gasteiger partial charge in [-0.25, -0.2) is 4.67 Å². The van der Waals surface area contributed by atoms with Gasteiger partial charge >= 0.3 is 0 Å². The maximum absolute atomic E-state index is 5.57. The molecular formula is C7H16NO2PS. The maximum atomic E-state index is 5.57. The van der Waals surface area contributed by atoms with Gasteiger partial charge in [-0.15, -0.1) is 0 Å². The lowest BCUT2D eigenvalue weighted by Crippen LogP contribution is -2.32. The van der Waals surface area contributed by atoms with E-state index < -0.39 is 6.64 Å². The van der Waals surface area contributed by atoms with E-state index in [-0.39, 0.29) is 5.41 Å². The molecule has 1 saturated heterocycles. The molecule has 0 amide bonds. The van der Waals surface area contributed by atoms with E-state index >= 15 is 0 Å². The van der Waals surface area contributed by atoms with Gasteiger partial charge < -0.3 is 9.05 Å². The SMILES string of the molecule is CN(C)P1(=S)OCC(C)(C)CO1. The molecule has 0 atom stereocenters. The molecule has 72 valence electrons. The van der Waals surface area contributed by atoms with Crippen molar-refractivity contribution in [1.29, 1.82) is 0 Å². The normalized spacial score (nSPS) is 27.4. The Bertz CT molecular complexity index is 203. The van der Waals surface area contributed by atoms with E-state index in [9.17, 15) is 0 Å². The maximum Gasteiger partial charge on any atom is 0.263 e. The van der Waals surface area contributed by atoms with E-state index in [1.165, 1.54) is 0 Å². The fourth-order valence-corrected chi connectivity index (χ4v) is 2.70. The summed E-state index contributed by atoms with van der Waals surface area (Å²) in [6.45, 7) is 3.52. The van der Waals surface area contributed by atoms with Crippen LogP contribution >= 0.6 is 6.64 Å². The van der Waals surface area contributed by atoms with Crippen LogP contribution in [0.25, 0.3) is 0 Å². The first-order valence-electron chi connectivity index (χ1n) is 3.93. The minimum Gasteiger partial charge on any atom is -0.317 e. The van der Waals surface area contributed by atoms with Crippen LogP contribution < -0.4 is 0 Å². The second-order valence-corrected chi connectivity index (χ2v) is 7.66. The molecule has 1 heterocycles. The molecule has 1 rings (SSSR count). The summed E-state index contributed by atoms with van der Waals surface area (Å²) in [4.78, 5) is 0. The van der Waals surface area contributed by atoms with Crippen molar-refractivity contribution in [2.75, 3.05) is 27.3 Å². The predicted molar refractivity (Wildman–Crippen MR) is 53.7 cm³/mol. The quantitative estimate of drug-likeness (QED) is 0.614. The average molecular weight is 209 g/mol. The van der Waals surface area contributed by atoms with E-state index in [1.54, 1.807) is 0 Å². The van der Waals surface area contributed by atoms with Crippen LogP contribution in [0.4, 0.5) is 0 Å². The Kier molecular flexibility index (Phi) is 2.96. The summed E-state index contributed by atoms with van der Waals surface area (Å²) in [6, 6.07) is 0. The summed E-state index contributed by atoms with van der Waals surface area (Å²) in [5.41, 5.74) is 0.109. The Labute approximate surface area is 79.3 Å². The number of rotatable bonds is 1. The van der Waals surface area contributed by atoms with Crippen LogP contribution in [0.15, 0.2) is 0 Å². The van der Waals surface area contributed by atoms with Crippen molar-refractivity contribution < 1.29 is 9.05 Å². The largest absolute Gasteiger partial charge is 0.317 e. The molecule has 1 fully saturated rings. The summed E-state index contributed by atoms with van der Waals surface area (Å²) in [5, 5.41) is 0. The molecule has 1 aliphatic heterocycles. The van der Waals surface area contributed by atoms with Crippen LogP contribution in [-0.4, -0.2) is 32.0 Å². The van der Waals surface area contributed by atoms with Crippen molar-refractivity contribution >= 4 is 18.4 Å². The molecule has 0 aliphatic carbocycles. The third-order valence-corrected chi connectivity index (χ3v) is 5.23. The number of nitrogens with zero attached hydrogens (tertiary/aromatic N) is 1. The minimum absolute atomic E-state index is 0.109. The molecule has 0 bridgehead atoms. The molecule has 0 spiro atoms. The highest BCUT2D eigenvalue weighted by Crippen LogP contribution is 2.55. The van der Waals surface area contributed by atoms with Gasteiger partial charge in [0.2, 0.25) is 0 Å². The van der Waals surface area contributed by atoms with E-state index in [4.69, 9.17) is 20.9 Å². The number of hydrogen-bond acceptors (Lipinski definition) is 3. The average Bonchev–Trinajstić information content (AvgIpc) is 1.96. The monoisotopic (exact) mass is 209 g/mol. The first-order chi connectivity index (χ1) is 5.36. The Hall–Kier alpha value is 0.530. The smallest absolute Gasteiger partial charge is 0.263 e. The Balaban J connectivity index is 2.62. The second kappa shape index (κ2) is 3.35. The van der Waals surface area contributed by atoms with Crippen LogP contribution in [0, 0.1) is 5.41 Å². The highest BCUT2D eigenvalue weighted by molar-refractivity contribution is 8.08. The van der Waals surface area contributed by atoms with Gasteiger partial charge in [0.25, 0.3) is 6.64 Å². The van der Waals surface area contributed by atoms with Gasteiger partial charge in [-0.2, -0.15) is 0 Å². The molecule has 0 aromatic heterocycles. The summed E-state index contributed by atoms with van der Waals surface area (Å²) in [6.07, 6.45) is 0. The molecule has 5 heteroatoms. The highest BCUT2D eigenvalue weighted by Gasteiger charge is 2.34. The van der Waals surface area contributed by atoms with Gasteiger partial charge in [-0.05, 0) is 25.9 Å². The third kappa shape index (κ3) is 2.27. The van der Waals surface area contributed by atoms with Crippen LogP contribution in [0.5, 0.6) is 0 Å². The lowest BCUT2D eigenvalue weighted by Gasteiger charge is -2.38. The lowest BCUT2D eigenvalue weighted by atomic mass is 9.97. The third-order valence-electron chi connectivity index (χ3n) is 1.73. The van der Waals surface area contributed by atoms with Crippen LogP contribution in [0.1, 0.15) is 13.8 Å². The fraction of sp³-hybridized carbons (Fsp3) is 1.00. The van der Waals surface area contributed by atoms with Crippen molar-refractivity contribution in [3.63, 3.8) is 0 Å². The Morgan fingerprint density at radius 1 is 1.25 bits per heavy atom. The minimum atomic E-state index is -2.10. The van der Waals surface area contributed by atoms with Crippen molar-refractivity contribution in [2.24, 2.45) is 5.41 Å². The zero-order valence-electron chi connectivity index (χ0n) is 8.03. The molecular weight excluding hydrogens is 193 g/mol. The summed E-state index contributed by atoms with van der Waals surface area (Å²) >= 11 is 5.27. The molecule has 3 nitrogen and oxygen atoms in total. The standard InChI is InChI=1S/C7H16NO2PS/c1-7(2)5-9-11(12,8(3)4)10-6-7/h5-6H2,1-4H3. The van der Waals surface area contributed by atoms with Crippen LogP contribution in [0.3, 0.4) is 0 Å². The lowest BCUT2D eigenvalue weighted by molar-refractivity contribution is 0.0475. The predicted octanol–water partition coefficient (Wildman–Crippen LogP) is 1.85. The van der Waals surface area contributed by atoms with Crippen molar-refractivity contribution in [1.82, 2.24) is 4.67 Å². The van der Waals surface area contributed by atoms with Gasteiger partial charge in [0.15, 0.2) is 0 Å². The second-order valence-electron chi connectivity index (χ2n) is 4.03. The first kappa shape index (κ1) is 10.6. The van der Waals surface area contributed by atoms with Gasteiger partial charge in [0, 0.05) is 5.41 Å². The molecule has 0 aromatic carbocycles. The van der Waals surface area contributed by atoms with Crippen molar-refractivity contribution in [3.8, 4) is 0 Å². The van der Waals surface area contributed by atoms with Gasteiger partial charge in [0.1, 0.15) is 0 Å². The van der Waals surface area contributed by atoms with Gasteiger partial charge in [-0.3, -0.25) is 0 Å².